The number of methoxy groups -OCH3 is 1. The molecule has 6 heteroatoms. The topological polar surface area (TPSA) is 64.4 Å². The van der Waals surface area contributed by atoms with Crippen molar-refractivity contribution in [1.82, 2.24) is 14.7 Å². The van der Waals surface area contributed by atoms with E-state index in [9.17, 15) is 9.59 Å². The van der Waals surface area contributed by atoms with Gasteiger partial charge in [-0.25, -0.2) is 4.68 Å². The van der Waals surface area contributed by atoms with Crippen LogP contribution in [0.1, 0.15) is 22.3 Å². The predicted molar refractivity (Wildman–Crippen MR) is 107 cm³/mol. The summed E-state index contributed by atoms with van der Waals surface area (Å²) in [6.45, 7) is 2.27. The Hall–Kier alpha value is -3.41. The highest BCUT2D eigenvalue weighted by atomic mass is 16.5. The van der Waals surface area contributed by atoms with E-state index < -0.39 is 0 Å². The Morgan fingerprint density at radius 3 is 2.54 bits per heavy atom. The average Bonchev–Trinajstić information content (AvgIpc) is 3.17. The Bertz CT molecular complexity index is 980. The molecule has 0 aliphatic rings. The van der Waals surface area contributed by atoms with Gasteiger partial charge in [-0.15, -0.1) is 0 Å². The Morgan fingerprint density at radius 2 is 1.86 bits per heavy atom. The lowest BCUT2D eigenvalue weighted by atomic mass is 10.1. The van der Waals surface area contributed by atoms with E-state index in [0.717, 1.165) is 16.8 Å². The molecule has 3 aromatic rings. The summed E-state index contributed by atoms with van der Waals surface area (Å²) >= 11 is 0. The van der Waals surface area contributed by atoms with Gasteiger partial charge in [0.15, 0.2) is 0 Å². The summed E-state index contributed by atoms with van der Waals surface area (Å²) in [5.41, 5.74) is 3.93. The van der Waals surface area contributed by atoms with Crippen LogP contribution < -0.4 is 0 Å². The van der Waals surface area contributed by atoms with E-state index in [1.54, 1.807) is 17.9 Å². The molecular formula is C22H23N3O3. The maximum Gasteiger partial charge on any atom is 0.307 e. The van der Waals surface area contributed by atoms with E-state index in [1.165, 1.54) is 12.0 Å². The molecular weight excluding hydrogens is 354 g/mol. The van der Waals surface area contributed by atoms with Crippen molar-refractivity contribution in [1.29, 1.82) is 0 Å². The molecule has 0 radical (unpaired) electrons. The molecule has 0 atom stereocenters. The van der Waals surface area contributed by atoms with E-state index in [1.807, 2.05) is 61.5 Å². The number of carbonyl (C=O) groups is 2. The van der Waals surface area contributed by atoms with Gasteiger partial charge in [0.1, 0.15) is 5.69 Å². The maximum atomic E-state index is 13.1. The zero-order chi connectivity index (χ0) is 20.1. The lowest BCUT2D eigenvalue weighted by Gasteiger charge is -2.16. The van der Waals surface area contributed by atoms with Crippen molar-refractivity contribution in [3.63, 3.8) is 0 Å². The Morgan fingerprint density at radius 1 is 1.11 bits per heavy atom. The minimum absolute atomic E-state index is 0.144. The fourth-order valence-corrected chi connectivity index (χ4v) is 2.92. The van der Waals surface area contributed by atoms with Gasteiger partial charge in [-0.3, -0.25) is 9.59 Å². The van der Waals surface area contributed by atoms with Gasteiger partial charge in [-0.05, 0) is 25.1 Å². The lowest BCUT2D eigenvalue weighted by Crippen LogP contribution is -2.29. The second-order valence-electron chi connectivity index (χ2n) is 6.59. The molecule has 144 valence electrons. The number of nitrogens with zero attached hydrogens (tertiary/aromatic N) is 3. The molecule has 1 amide bonds. The number of aromatic nitrogens is 2. The molecule has 3 rings (SSSR count). The van der Waals surface area contributed by atoms with Crippen molar-refractivity contribution in [2.45, 2.75) is 13.3 Å². The number of carbonyl (C=O) groups excluding carboxylic acids is 2. The van der Waals surface area contributed by atoms with Crippen LogP contribution in [0.4, 0.5) is 0 Å². The van der Waals surface area contributed by atoms with Gasteiger partial charge in [-0.1, -0.05) is 42.0 Å². The van der Waals surface area contributed by atoms with Crippen LogP contribution in [0.15, 0.2) is 60.8 Å². The Labute approximate surface area is 164 Å². The first-order chi connectivity index (χ1) is 13.5. The van der Waals surface area contributed by atoms with Crippen molar-refractivity contribution in [3.8, 4) is 16.9 Å². The van der Waals surface area contributed by atoms with Crippen LogP contribution in [0, 0.1) is 6.92 Å². The molecule has 2 aromatic carbocycles. The van der Waals surface area contributed by atoms with Gasteiger partial charge < -0.3 is 9.64 Å². The second kappa shape index (κ2) is 8.52. The van der Waals surface area contributed by atoms with Crippen LogP contribution >= 0.6 is 0 Å². The molecule has 0 saturated heterocycles. The first-order valence-electron chi connectivity index (χ1n) is 9.04. The quantitative estimate of drug-likeness (QED) is 0.617. The van der Waals surface area contributed by atoms with Crippen LogP contribution in [-0.2, 0) is 9.53 Å². The molecule has 0 aliphatic heterocycles. The predicted octanol–water partition coefficient (Wildman–Crippen LogP) is 3.48. The van der Waals surface area contributed by atoms with Crippen molar-refractivity contribution in [2.75, 3.05) is 20.7 Å². The van der Waals surface area contributed by atoms with Gasteiger partial charge in [0.05, 0.1) is 24.8 Å². The minimum atomic E-state index is -0.349. The van der Waals surface area contributed by atoms with Crippen LogP contribution in [0.2, 0.25) is 0 Å². The molecule has 1 aromatic heterocycles. The first-order valence-corrected chi connectivity index (χ1v) is 9.04. The molecule has 0 spiro atoms. The molecule has 0 N–H and O–H groups in total. The first kappa shape index (κ1) is 19.4. The third kappa shape index (κ3) is 4.28. The monoisotopic (exact) mass is 377 g/mol. The normalized spacial score (nSPS) is 10.5. The number of hydrogen-bond donors (Lipinski definition) is 0. The molecule has 0 saturated carbocycles. The molecule has 0 bridgehead atoms. The van der Waals surface area contributed by atoms with Crippen molar-refractivity contribution < 1.29 is 14.3 Å². The van der Waals surface area contributed by atoms with E-state index in [2.05, 4.69) is 9.84 Å². The number of ether oxygens (including phenoxy) is 1. The molecule has 6 nitrogen and oxygen atoms in total. The number of rotatable bonds is 6. The third-order valence-corrected chi connectivity index (χ3v) is 4.48. The van der Waals surface area contributed by atoms with Gasteiger partial charge in [0.2, 0.25) is 0 Å². The van der Waals surface area contributed by atoms with Gasteiger partial charge in [0, 0.05) is 25.4 Å². The smallest absolute Gasteiger partial charge is 0.307 e. The van der Waals surface area contributed by atoms with E-state index in [-0.39, 0.29) is 24.8 Å². The van der Waals surface area contributed by atoms with Crippen LogP contribution in [0.5, 0.6) is 0 Å². The highest BCUT2D eigenvalue weighted by molar-refractivity contribution is 6.00. The van der Waals surface area contributed by atoms with Gasteiger partial charge in [-0.2, -0.15) is 5.10 Å². The largest absolute Gasteiger partial charge is 0.469 e. The highest BCUT2D eigenvalue weighted by Gasteiger charge is 2.22. The molecule has 0 aliphatic carbocycles. The minimum Gasteiger partial charge on any atom is -0.469 e. The SMILES string of the molecule is COC(=O)CCN(C)C(=O)c1cn(-c2ccccc2)nc1-c1cccc(C)c1. The van der Waals surface area contributed by atoms with Crippen molar-refractivity contribution >= 4 is 11.9 Å². The highest BCUT2D eigenvalue weighted by Crippen LogP contribution is 2.25. The van der Waals surface area contributed by atoms with Crippen molar-refractivity contribution in [3.05, 3.63) is 71.9 Å². The number of amides is 1. The fraction of sp³-hybridized carbons (Fsp3) is 0.227. The third-order valence-electron chi connectivity index (χ3n) is 4.48. The van der Waals surface area contributed by atoms with E-state index in [4.69, 9.17) is 0 Å². The molecule has 0 unspecified atom stereocenters. The average molecular weight is 377 g/mol. The molecule has 0 fully saturated rings. The van der Waals surface area contributed by atoms with E-state index in [0.29, 0.717) is 11.3 Å². The number of para-hydroxylation sites is 1. The second-order valence-corrected chi connectivity index (χ2v) is 6.59. The van der Waals surface area contributed by atoms with Crippen LogP contribution in [0.3, 0.4) is 0 Å². The summed E-state index contributed by atoms with van der Waals surface area (Å²) in [5.74, 6) is -0.541. The maximum absolute atomic E-state index is 13.1. The summed E-state index contributed by atoms with van der Waals surface area (Å²) in [4.78, 5) is 26.0. The molecule has 1 heterocycles. The molecule has 28 heavy (non-hydrogen) atoms. The summed E-state index contributed by atoms with van der Waals surface area (Å²) in [5, 5.41) is 4.68. The zero-order valence-electron chi connectivity index (χ0n) is 16.3. The summed E-state index contributed by atoms with van der Waals surface area (Å²) in [6.07, 6.45) is 1.88. The number of esters is 1. The fourth-order valence-electron chi connectivity index (χ4n) is 2.92. The van der Waals surface area contributed by atoms with Gasteiger partial charge >= 0.3 is 5.97 Å². The van der Waals surface area contributed by atoms with Crippen LogP contribution in [-0.4, -0.2) is 47.3 Å². The van der Waals surface area contributed by atoms with E-state index >= 15 is 0 Å². The summed E-state index contributed by atoms with van der Waals surface area (Å²) in [7, 11) is 3.01. The lowest BCUT2D eigenvalue weighted by molar-refractivity contribution is -0.140. The number of hydrogen-bond acceptors (Lipinski definition) is 4. The summed E-state index contributed by atoms with van der Waals surface area (Å²) in [6, 6.07) is 17.5. The number of benzene rings is 2. The van der Waals surface area contributed by atoms with Crippen LogP contribution in [0.25, 0.3) is 16.9 Å². The Balaban J connectivity index is 1.99. The van der Waals surface area contributed by atoms with Gasteiger partial charge in [0.25, 0.3) is 5.91 Å². The Kier molecular flexibility index (Phi) is 5.89. The number of aryl methyl sites for hydroxylation is 1. The van der Waals surface area contributed by atoms with Crippen molar-refractivity contribution in [2.24, 2.45) is 0 Å². The summed E-state index contributed by atoms with van der Waals surface area (Å²) < 4.78 is 6.37. The standard InChI is InChI=1S/C22H23N3O3/c1-16-8-7-9-17(14-16)21-19(22(27)24(2)13-12-20(26)28-3)15-25(23-21)18-10-5-4-6-11-18/h4-11,14-15H,12-13H2,1-3H3. The zero-order valence-corrected chi connectivity index (χ0v) is 16.3.